The highest BCUT2D eigenvalue weighted by atomic mass is 19.1. The zero-order valence-electron chi connectivity index (χ0n) is 19.4. The molecule has 0 unspecified atom stereocenters. The molecule has 0 atom stereocenters. The summed E-state index contributed by atoms with van der Waals surface area (Å²) in [5.74, 6) is -1.76. The second-order valence-corrected chi connectivity index (χ2v) is 8.13. The van der Waals surface area contributed by atoms with Crippen LogP contribution in [0.2, 0.25) is 0 Å². The molecular weight excluding hydrogens is 459 g/mol. The van der Waals surface area contributed by atoms with Crippen molar-refractivity contribution in [1.29, 1.82) is 0 Å². The van der Waals surface area contributed by atoms with E-state index < -0.39 is 24.3 Å². The van der Waals surface area contributed by atoms with Gasteiger partial charge in [-0.25, -0.2) is 9.18 Å². The van der Waals surface area contributed by atoms with E-state index in [2.05, 4.69) is 10.6 Å². The van der Waals surface area contributed by atoms with Gasteiger partial charge in [0.1, 0.15) is 6.61 Å². The Labute approximate surface area is 208 Å². The summed E-state index contributed by atoms with van der Waals surface area (Å²) >= 11 is 0. The molecule has 6 nitrogen and oxygen atoms in total. The van der Waals surface area contributed by atoms with Gasteiger partial charge in [-0.1, -0.05) is 78.9 Å². The van der Waals surface area contributed by atoms with Gasteiger partial charge in [0.15, 0.2) is 5.82 Å². The maximum atomic E-state index is 15.4. The fraction of sp³-hybridized carbons (Fsp3) is 0.103. The maximum absolute atomic E-state index is 15.4. The minimum Gasteiger partial charge on any atom is -0.481 e. The van der Waals surface area contributed by atoms with Crippen molar-refractivity contribution in [1.82, 2.24) is 0 Å². The number of hydrogen-bond acceptors (Lipinski definition) is 4. The molecule has 1 amide bonds. The summed E-state index contributed by atoms with van der Waals surface area (Å²) in [6.07, 6.45) is -1.12. The summed E-state index contributed by atoms with van der Waals surface area (Å²) in [7, 11) is 0. The Kier molecular flexibility index (Phi) is 7.93. The van der Waals surface area contributed by atoms with Gasteiger partial charge in [-0.3, -0.25) is 10.1 Å². The number of carbonyl (C=O) groups is 2. The number of rotatable bonds is 9. The van der Waals surface area contributed by atoms with Gasteiger partial charge in [0.25, 0.3) is 0 Å². The largest absolute Gasteiger partial charge is 0.481 e. The van der Waals surface area contributed by atoms with E-state index in [0.29, 0.717) is 23.4 Å². The molecule has 0 aliphatic rings. The number of ether oxygens (including phenoxy) is 1. The highest BCUT2D eigenvalue weighted by molar-refractivity contribution is 5.87. The minimum absolute atomic E-state index is 0.0596. The van der Waals surface area contributed by atoms with E-state index in [0.717, 1.165) is 11.1 Å². The lowest BCUT2D eigenvalue weighted by atomic mass is 9.96. The Balaban J connectivity index is 1.53. The predicted octanol–water partition coefficient (Wildman–Crippen LogP) is 6.48. The van der Waals surface area contributed by atoms with Crippen molar-refractivity contribution in [2.45, 2.75) is 19.6 Å². The lowest BCUT2D eigenvalue weighted by Crippen LogP contribution is -2.13. The third-order valence-electron chi connectivity index (χ3n) is 5.53. The monoisotopic (exact) mass is 484 g/mol. The van der Waals surface area contributed by atoms with Crippen LogP contribution < -0.4 is 10.6 Å². The molecule has 0 bridgehead atoms. The number of anilines is 2. The molecule has 182 valence electrons. The number of halogens is 1. The Morgan fingerprint density at radius 1 is 0.833 bits per heavy atom. The fourth-order valence-electron chi connectivity index (χ4n) is 3.79. The highest BCUT2D eigenvalue weighted by Crippen LogP contribution is 2.32. The van der Waals surface area contributed by atoms with Crippen LogP contribution in [0.4, 0.5) is 20.6 Å². The van der Waals surface area contributed by atoms with Crippen molar-refractivity contribution in [3.63, 3.8) is 0 Å². The average Bonchev–Trinajstić information content (AvgIpc) is 2.89. The number of amides is 1. The van der Waals surface area contributed by atoms with Gasteiger partial charge < -0.3 is 15.2 Å². The highest BCUT2D eigenvalue weighted by Gasteiger charge is 2.18. The number of aliphatic carboxylic acids is 1. The number of nitrogens with one attached hydrogen (secondary N) is 2. The molecule has 4 aromatic carbocycles. The Morgan fingerprint density at radius 2 is 1.53 bits per heavy atom. The van der Waals surface area contributed by atoms with Crippen LogP contribution in [-0.4, -0.2) is 17.2 Å². The molecule has 36 heavy (non-hydrogen) atoms. The molecule has 0 aromatic heterocycles. The van der Waals surface area contributed by atoms with E-state index >= 15 is 4.39 Å². The quantitative estimate of drug-likeness (QED) is 0.253. The molecule has 0 fully saturated rings. The van der Waals surface area contributed by atoms with Crippen LogP contribution in [0.1, 0.15) is 16.7 Å². The topological polar surface area (TPSA) is 87.7 Å². The van der Waals surface area contributed by atoms with Crippen molar-refractivity contribution in [2.24, 2.45) is 0 Å². The van der Waals surface area contributed by atoms with Crippen LogP contribution in [0.15, 0.2) is 97.1 Å². The molecule has 0 aliphatic carbocycles. The molecule has 0 spiro atoms. The molecule has 0 saturated heterocycles. The van der Waals surface area contributed by atoms with Gasteiger partial charge in [0.05, 0.1) is 12.1 Å². The van der Waals surface area contributed by atoms with Gasteiger partial charge in [-0.15, -0.1) is 0 Å². The Morgan fingerprint density at radius 3 is 2.22 bits per heavy atom. The van der Waals surface area contributed by atoms with E-state index in [1.807, 2.05) is 60.7 Å². The third kappa shape index (κ3) is 6.48. The van der Waals surface area contributed by atoms with Crippen LogP contribution in [0.5, 0.6) is 0 Å². The van der Waals surface area contributed by atoms with Crippen molar-refractivity contribution in [3.8, 4) is 11.1 Å². The summed E-state index contributed by atoms with van der Waals surface area (Å²) < 4.78 is 20.7. The van der Waals surface area contributed by atoms with Crippen molar-refractivity contribution in [2.75, 3.05) is 10.6 Å². The van der Waals surface area contributed by atoms with Gasteiger partial charge in [-0.05, 0) is 40.5 Å². The molecule has 4 aromatic rings. The van der Waals surface area contributed by atoms with Crippen molar-refractivity contribution in [3.05, 3.63) is 120 Å². The molecule has 0 aliphatic heterocycles. The predicted molar refractivity (Wildman–Crippen MR) is 137 cm³/mol. The Hall–Kier alpha value is -4.65. The van der Waals surface area contributed by atoms with Gasteiger partial charge in [-0.2, -0.15) is 0 Å². The van der Waals surface area contributed by atoms with Crippen LogP contribution >= 0.6 is 0 Å². The van der Waals surface area contributed by atoms with Crippen LogP contribution in [0.3, 0.4) is 0 Å². The molecule has 0 heterocycles. The molecule has 0 saturated carbocycles. The standard InChI is InChI=1S/C29H25FN2O4/c30-28-25(17-27(33)34)24(14-15-26(28)31-18-20-8-3-1-4-9-20)22-12-7-13-23(16-22)32-29(35)36-19-21-10-5-2-6-11-21/h1-16,31H,17-19H2,(H,32,35)(H,33,34). The molecule has 3 N–H and O–H groups in total. The number of carboxylic acid groups (broad SMARTS) is 1. The van der Waals surface area contributed by atoms with E-state index in [1.54, 1.807) is 36.4 Å². The zero-order valence-corrected chi connectivity index (χ0v) is 19.4. The molecule has 7 heteroatoms. The lowest BCUT2D eigenvalue weighted by molar-refractivity contribution is -0.136. The summed E-state index contributed by atoms with van der Waals surface area (Å²) in [6.45, 7) is 0.520. The first kappa shape index (κ1) is 24.5. The summed E-state index contributed by atoms with van der Waals surface area (Å²) in [5, 5.41) is 15.1. The summed E-state index contributed by atoms with van der Waals surface area (Å²) in [4.78, 5) is 23.8. The minimum atomic E-state index is -1.14. The lowest BCUT2D eigenvalue weighted by Gasteiger charge is -2.15. The first-order valence-corrected chi connectivity index (χ1v) is 11.4. The molecule has 4 rings (SSSR count). The van der Waals surface area contributed by atoms with Crippen molar-refractivity contribution < 1.29 is 23.8 Å². The van der Waals surface area contributed by atoms with E-state index in [4.69, 9.17) is 4.74 Å². The number of carboxylic acids is 1. The fourth-order valence-corrected chi connectivity index (χ4v) is 3.79. The van der Waals surface area contributed by atoms with Gasteiger partial charge in [0.2, 0.25) is 0 Å². The van der Waals surface area contributed by atoms with E-state index in [9.17, 15) is 14.7 Å². The SMILES string of the molecule is O=C(O)Cc1c(-c2cccc(NC(=O)OCc3ccccc3)c2)ccc(NCc2ccccc2)c1F. The van der Waals surface area contributed by atoms with Gasteiger partial charge >= 0.3 is 12.1 Å². The van der Waals surface area contributed by atoms with E-state index in [-0.39, 0.29) is 17.9 Å². The summed E-state index contributed by atoms with van der Waals surface area (Å²) in [6, 6.07) is 28.9. The van der Waals surface area contributed by atoms with Crippen LogP contribution in [0, 0.1) is 5.82 Å². The third-order valence-corrected chi connectivity index (χ3v) is 5.53. The second kappa shape index (κ2) is 11.7. The van der Waals surface area contributed by atoms with Crippen LogP contribution in [0.25, 0.3) is 11.1 Å². The van der Waals surface area contributed by atoms with Crippen molar-refractivity contribution >= 4 is 23.4 Å². The number of hydrogen-bond donors (Lipinski definition) is 3. The van der Waals surface area contributed by atoms with Gasteiger partial charge in [0, 0.05) is 17.8 Å². The average molecular weight is 485 g/mol. The zero-order chi connectivity index (χ0) is 25.3. The number of benzene rings is 4. The first-order chi connectivity index (χ1) is 17.5. The normalized spacial score (nSPS) is 10.5. The summed E-state index contributed by atoms with van der Waals surface area (Å²) in [5.41, 5.74) is 3.55. The first-order valence-electron chi connectivity index (χ1n) is 11.4. The second-order valence-electron chi connectivity index (χ2n) is 8.13. The maximum Gasteiger partial charge on any atom is 0.411 e. The number of carbonyl (C=O) groups excluding carboxylic acids is 1. The molecular formula is C29H25FN2O4. The Bertz CT molecular complexity index is 1340. The van der Waals surface area contributed by atoms with E-state index in [1.165, 1.54) is 0 Å². The van der Waals surface area contributed by atoms with Crippen LogP contribution in [-0.2, 0) is 29.1 Å². The smallest absolute Gasteiger partial charge is 0.411 e. The molecule has 0 radical (unpaired) electrons.